The van der Waals surface area contributed by atoms with Crippen molar-refractivity contribution in [1.82, 2.24) is 0 Å². The molecule has 0 aromatic carbocycles. The van der Waals surface area contributed by atoms with E-state index in [2.05, 4.69) is 6.92 Å². The summed E-state index contributed by atoms with van der Waals surface area (Å²) in [5.41, 5.74) is 0. The third kappa shape index (κ3) is 14.7. The van der Waals surface area contributed by atoms with Crippen molar-refractivity contribution in [3.05, 3.63) is 60.1 Å². The second-order valence-electron chi connectivity index (χ2n) is 5.52. The second-order valence-corrected chi connectivity index (χ2v) is 5.52. The molecule has 0 rings (SSSR count). The number of carboxylic acids is 1. The lowest BCUT2D eigenvalue weighted by Crippen LogP contribution is -1.85. The van der Waals surface area contributed by atoms with Gasteiger partial charge in [-0.15, -0.1) is 0 Å². The lowest BCUT2D eigenvalue weighted by molar-refractivity contribution is -0.131. The molecule has 0 aliphatic carbocycles. The van der Waals surface area contributed by atoms with Crippen LogP contribution in [0.25, 0.3) is 0 Å². The molecule has 4 nitrogen and oxygen atoms in total. The smallest absolute Gasteiger partial charge is 0.328 e. The average Bonchev–Trinajstić information content (AvgIpc) is 2.55. The number of aliphatic hydroxyl groups excluding tert-OH is 2. The van der Waals surface area contributed by atoms with Gasteiger partial charge in [-0.1, -0.05) is 75.8 Å². The topological polar surface area (TPSA) is 77.8 Å². The zero-order valence-electron chi connectivity index (χ0n) is 14.5. The molecule has 0 atom stereocenters. The van der Waals surface area contributed by atoms with Gasteiger partial charge in [-0.05, 0) is 25.0 Å². The van der Waals surface area contributed by atoms with Crippen LogP contribution in [-0.4, -0.2) is 21.3 Å². The SMILES string of the molecule is CCCCCCCCCC=CC=C(O)C(O)=CC=CC=CC(=O)O. The van der Waals surface area contributed by atoms with Gasteiger partial charge in [0.25, 0.3) is 0 Å². The van der Waals surface area contributed by atoms with Crippen molar-refractivity contribution in [3.8, 4) is 0 Å². The van der Waals surface area contributed by atoms with Crippen LogP contribution in [0.3, 0.4) is 0 Å². The van der Waals surface area contributed by atoms with Crippen molar-refractivity contribution >= 4 is 5.97 Å². The number of carbonyl (C=O) groups is 1. The van der Waals surface area contributed by atoms with Gasteiger partial charge in [0, 0.05) is 6.08 Å². The minimum atomic E-state index is -1.04. The van der Waals surface area contributed by atoms with Crippen molar-refractivity contribution in [3.63, 3.8) is 0 Å². The van der Waals surface area contributed by atoms with E-state index in [0.717, 1.165) is 18.9 Å². The van der Waals surface area contributed by atoms with Crippen molar-refractivity contribution in [2.24, 2.45) is 0 Å². The maximum Gasteiger partial charge on any atom is 0.328 e. The van der Waals surface area contributed by atoms with Gasteiger partial charge >= 0.3 is 5.97 Å². The summed E-state index contributed by atoms with van der Waals surface area (Å²) in [6.45, 7) is 2.22. The Kier molecular flexibility index (Phi) is 14.2. The number of rotatable bonds is 13. The Balaban J connectivity index is 3.96. The predicted octanol–water partition coefficient (Wildman–Crippen LogP) is 5.76. The Morgan fingerprint density at radius 2 is 1.33 bits per heavy atom. The van der Waals surface area contributed by atoms with Crippen LogP contribution in [-0.2, 0) is 4.79 Å². The maximum atomic E-state index is 10.2. The first-order chi connectivity index (χ1) is 11.6. The molecule has 4 heteroatoms. The minimum absolute atomic E-state index is 0.224. The Bertz CT molecular complexity index is 482. The van der Waals surface area contributed by atoms with Crippen molar-refractivity contribution in [2.75, 3.05) is 0 Å². The molecule has 0 spiro atoms. The first-order valence-electron chi connectivity index (χ1n) is 8.61. The van der Waals surface area contributed by atoms with Crippen LogP contribution in [0.15, 0.2) is 60.1 Å². The summed E-state index contributed by atoms with van der Waals surface area (Å²) in [6, 6.07) is 0. The van der Waals surface area contributed by atoms with E-state index in [1.54, 1.807) is 6.08 Å². The fourth-order valence-electron chi connectivity index (χ4n) is 1.99. The number of hydrogen-bond donors (Lipinski definition) is 3. The van der Waals surface area contributed by atoms with E-state index in [9.17, 15) is 15.0 Å². The second kappa shape index (κ2) is 15.7. The number of allylic oxidation sites excluding steroid dienone is 7. The molecule has 0 amide bonds. The van der Waals surface area contributed by atoms with E-state index < -0.39 is 5.97 Å². The maximum absolute atomic E-state index is 10.2. The molecule has 0 saturated heterocycles. The summed E-state index contributed by atoms with van der Waals surface area (Å²) in [5, 5.41) is 27.6. The molecule has 0 aromatic heterocycles. The minimum Gasteiger partial charge on any atom is -0.504 e. The molecular formula is C20H30O4. The largest absolute Gasteiger partial charge is 0.504 e. The molecule has 0 saturated carbocycles. The van der Waals surface area contributed by atoms with Gasteiger partial charge in [0.15, 0.2) is 11.5 Å². The Morgan fingerprint density at radius 3 is 1.96 bits per heavy atom. The van der Waals surface area contributed by atoms with Gasteiger partial charge in [-0.2, -0.15) is 0 Å². The molecule has 0 radical (unpaired) electrons. The number of hydrogen-bond acceptors (Lipinski definition) is 3. The van der Waals surface area contributed by atoms with Crippen molar-refractivity contribution < 1.29 is 20.1 Å². The molecule has 0 bridgehead atoms. The fourth-order valence-corrected chi connectivity index (χ4v) is 1.99. The highest BCUT2D eigenvalue weighted by Crippen LogP contribution is 2.09. The normalized spacial score (nSPS) is 13.5. The van der Waals surface area contributed by atoms with E-state index in [4.69, 9.17) is 5.11 Å². The quantitative estimate of drug-likeness (QED) is 0.173. The van der Waals surface area contributed by atoms with Crippen LogP contribution in [0.2, 0.25) is 0 Å². The monoisotopic (exact) mass is 334 g/mol. The average molecular weight is 334 g/mol. The van der Waals surface area contributed by atoms with Crippen LogP contribution in [0, 0.1) is 0 Å². The number of carboxylic acid groups (broad SMARTS) is 1. The van der Waals surface area contributed by atoms with Crippen LogP contribution < -0.4 is 0 Å². The molecule has 0 unspecified atom stereocenters. The van der Waals surface area contributed by atoms with Crippen molar-refractivity contribution in [1.29, 1.82) is 0 Å². The van der Waals surface area contributed by atoms with E-state index >= 15 is 0 Å². The standard InChI is InChI=1S/C20H30O4/c1-2-3-4-5-6-7-8-9-10-12-15-18(21)19(22)16-13-11-14-17-20(23)24/h10-17,21-22H,2-9H2,1H3,(H,23,24). The molecular weight excluding hydrogens is 304 g/mol. The highest BCUT2D eigenvalue weighted by molar-refractivity contribution is 5.80. The zero-order valence-corrected chi connectivity index (χ0v) is 14.5. The third-order valence-electron chi connectivity index (χ3n) is 3.34. The van der Waals surface area contributed by atoms with Crippen molar-refractivity contribution in [2.45, 2.75) is 58.3 Å². The zero-order chi connectivity index (χ0) is 18.0. The highest BCUT2D eigenvalue weighted by Gasteiger charge is 1.95. The highest BCUT2D eigenvalue weighted by atomic mass is 16.4. The van der Waals surface area contributed by atoms with Gasteiger partial charge in [0.2, 0.25) is 0 Å². The summed E-state index contributed by atoms with van der Waals surface area (Å²) < 4.78 is 0. The first-order valence-corrected chi connectivity index (χ1v) is 8.61. The number of aliphatic carboxylic acids is 1. The Morgan fingerprint density at radius 1 is 0.750 bits per heavy atom. The molecule has 134 valence electrons. The van der Waals surface area contributed by atoms with Gasteiger partial charge in [-0.25, -0.2) is 4.79 Å². The summed E-state index contributed by atoms with van der Waals surface area (Å²) in [5.74, 6) is -1.53. The van der Waals surface area contributed by atoms with Crippen LogP contribution in [0.4, 0.5) is 0 Å². The number of unbranched alkanes of at least 4 members (excludes halogenated alkanes) is 7. The molecule has 0 aliphatic heterocycles. The van der Waals surface area contributed by atoms with Crippen LogP contribution in [0.1, 0.15) is 58.3 Å². The summed E-state index contributed by atoms with van der Waals surface area (Å²) >= 11 is 0. The molecule has 0 heterocycles. The Hall–Kier alpha value is -2.23. The van der Waals surface area contributed by atoms with E-state index in [0.29, 0.717) is 0 Å². The van der Waals surface area contributed by atoms with Crippen LogP contribution in [0.5, 0.6) is 0 Å². The Labute approximate surface area is 145 Å². The molecule has 24 heavy (non-hydrogen) atoms. The van der Waals surface area contributed by atoms with Gasteiger partial charge < -0.3 is 15.3 Å². The van der Waals surface area contributed by atoms with Gasteiger partial charge in [0.05, 0.1) is 0 Å². The number of aliphatic hydroxyl groups is 2. The molecule has 0 fully saturated rings. The van der Waals surface area contributed by atoms with E-state index in [-0.39, 0.29) is 11.5 Å². The first kappa shape index (κ1) is 21.8. The predicted molar refractivity (Wildman–Crippen MR) is 99.1 cm³/mol. The molecule has 3 N–H and O–H groups in total. The van der Waals surface area contributed by atoms with Gasteiger partial charge in [0.1, 0.15) is 0 Å². The third-order valence-corrected chi connectivity index (χ3v) is 3.34. The van der Waals surface area contributed by atoms with Crippen LogP contribution >= 0.6 is 0 Å². The molecule has 0 aromatic rings. The van der Waals surface area contributed by atoms with Gasteiger partial charge in [-0.3, -0.25) is 0 Å². The summed E-state index contributed by atoms with van der Waals surface area (Å²) in [7, 11) is 0. The molecule has 0 aliphatic rings. The summed E-state index contributed by atoms with van der Waals surface area (Å²) in [4.78, 5) is 10.2. The lowest BCUT2D eigenvalue weighted by atomic mass is 10.1. The van der Waals surface area contributed by atoms with E-state index in [1.807, 2.05) is 6.08 Å². The summed E-state index contributed by atoms with van der Waals surface area (Å²) in [6.07, 6.45) is 21.5. The van der Waals surface area contributed by atoms with E-state index in [1.165, 1.54) is 68.9 Å². The lowest BCUT2D eigenvalue weighted by Gasteiger charge is -1.98. The fraction of sp³-hybridized carbons (Fsp3) is 0.450.